The number of aliphatic hydroxyl groups is 1. The molecule has 0 bridgehead atoms. The second-order valence-electron chi connectivity index (χ2n) is 8.77. The highest BCUT2D eigenvalue weighted by Gasteiger charge is 2.28. The number of rotatable bonds is 8. The zero-order valence-corrected chi connectivity index (χ0v) is 17.1. The van der Waals surface area contributed by atoms with E-state index >= 15 is 0 Å². The largest absolute Gasteiger partial charge is 0.382 e. The van der Waals surface area contributed by atoms with Gasteiger partial charge in [0.2, 0.25) is 0 Å². The Morgan fingerprint density at radius 3 is 2.18 bits per heavy atom. The van der Waals surface area contributed by atoms with Crippen LogP contribution in [0.15, 0.2) is 30.3 Å². The van der Waals surface area contributed by atoms with Crippen LogP contribution in [-0.4, -0.2) is 29.7 Å². The lowest BCUT2D eigenvalue weighted by molar-refractivity contribution is -0.130. The zero-order valence-electron chi connectivity index (χ0n) is 17.1. The van der Waals surface area contributed by atoms with Crippen molar-refractivity contribution in [2.24, 2.45) is 17.6 Å². The Labute approximate surface area is 169 Å². The fourth-order valence-electron chi connectivity index (χ4n) is 4.78. The van der Waals surface area contributed by atoms with Gasteiger partial charge in [-0.1, -0.05) is 69.6 Å². The minimum atomic E-state index is -1.17. The summed E-state index contributed by atoms with van der Waals surface area (Å²) in [5.74, 6) is 0.726. The quantitative estimate of drug-likeness (QED) is 0.594. The highest BCUT2D eigenvalue weighted by Crippen LogP contribution is 2.28. The van der Waals surface area contributed by atoms with Crippen LogP contribution in [0.4, 0.5) is 5.69 Å². The molecule has 2 atom stereocenters. The van der Waals surface area contributed by atoms with Gasteiger partial charge in [-0.05, 0) is 43.2 Å². The summed E-state index contributed by atoms with van der Waals surface area (Å²) in [6.07, 6.45) is 11.9. The van der Waals surface area contributed by atoms with Gasteiger partial charge in [0, 0.05) is 12.6 Å². The van der Waals surface area contributed by atoms with E-state index in [1.807, 2.05) is 35.3 Å². The van der Waals surface area contributed by atoms with Crippen molar-refractivity contribution in [3.63, 3.8) is 0 Å². The number of benzene rings is 1. The Kier molecular flexibility index (Phi) is 8.16. The number of hydrogen-bond donors (Lipinski definition) is 3. The lowest BCUT2D eigenvalue weighted by atomic mass is 9.84. The number of hydrogen-bond acceptors (Lipinski definition) is 4. The van der Waals surface area contributed by atoms with E-state index in [1.54, 1.807) is 0 Å². The Balaban J connectivity index is 1.59. The molecule has 0 aromatic heterocycles. The fourth-order valence-corrected chi connectivity index (χ4v) is 4.78. The third-order valence-corrected chi connectivity index (χ3v) is 6.48. The second kappa shape index (κ2) is 10.8. The van der Waals surface area contributed by atoms with Gasteiger partial charge < -0.3 is 10.8 Å². The van der Waals surface area contributed by atoms with Crippen molar-refractivity contribution in [2.75, 3.05) is 11.6 Å². The first-order chi connectivity index (χ1) is 13.6. The zero-order chi connectivity index (χ0) is 19.8. The molecule has 2 fully saturated rings. The van der Waals surface area contributed by atoms with Crippen molar-refractivity contribution in [3.05, 3.63) is 30.3 Å². The second-order valence-corrected chi connectivity index (χ2v) is 8.77. The van der Waals surface area contributed by atoms with E-state index < -0.39 is 12.1 Å². The highest BCUT2D eigenvalue weighted by atomic mass is 16.3. The molecule has 0 spiro atoms. The van der Waals surface area contributed by atoms with E-state index in [4.69, 9.17) is 5.73 Å². The standard InChI is InChI=1S/C23H37N3O2/c24-21(16-18-10-4-1-5-11-18)22(27)23(28)25-26(20-14-8-3-9-15-20)17-19-12-6-2-7-13-19/h3,8-9,14-15,18-19,21-22,27H,1-2,4-7,10-13,16-17,24H2,(H,25,28)/t21-,22?/m1/s1. The number of carbonyl (C=O) groups excluding carboxylic acids is 1. The SMILES string of the molecule is N[C@H](CC1CCCCC1)C(O)C(=O)NN(CC1CCCCC1)c1ccccc1. The van der Waals surface area contributed by atoms with Crippen molar-refractivity contribution < 1.29 is 9.90 Å². The van der Waals surface area contributed by atoms with Crippen LogP contribution in [-0.2, 0) is 4.79 Å². The number of nitrogens with one attached hydrogen (secondary N) is 1. The minimum Gasteiger partial charge on any atom is -0.382 e. The van der Waals surface area contributed by atoms with Crippen LogP contribution in [0.1, 0.15) is 70.6 Å². The smallest absolute Gasteiger partial charge is 0.268 e. The molecule has 3 rings (SSSR count). The molecule has 0 saturated heterocycles. The average Bonchev–Trinajstić information content (AvgIpc) is 2.74. The molecule has 28 heavy (non-hydrogen) atoms. The third kappa shape index (κ3) is 6.21. The summed E-state index contributed by atoms with van der Waals surface area (Å²) in [5.41, 5.74) is 10.1. The van der Waals surface area contributed by atoms with E-state index in [0.717, 1.165) is 18.7 Å². The van der Waals surface area contributed by atoms with Gasteiger partial charge in [0.1, 0.15) is 6.10 Å². The van der Waals surface area contributed by atoms with Crippen LogP contribution in [0.5, 0.6) is 0 Å². The van der Waals surface area contributed by atoms with Gasteiger partial charge in [-0.15, -0.1) is 0 Å². The molecule has 1 amide bonds. The maximum Gasteiger partial charge on any atom is 0.268 e. The minimum absolute atomic E-state index is 0.386. The highest BCUT2D eigenvalue weighted by molar-refractivity contribution is 5.82. The Morgan fingerprint density at radius 1 is 1.00 bits per heavy atom. The van der Waals surface area contributed by atoms with E-state index in [-0.39, 0.29) is 5.91 Å². The van der Waals surface area contributed by atoms with Crippen LogP contribution < -0.4 is 16.2 Å². The molecular weight excluding hydrogens is 350 g/mol. The first-order valence-electron chi connectivity index (χ1n) is 11.2. The van der Waals surface area contributed by atoms with Gasteiger partial charge in [0.15, 0.2) is 0 Å². The van der Waals surface area contributed by atoms with Crippen LogP contribution in [0, 0.1) is 11.8 Å². The van der Waals surface area contributed by atoms with Crippen molar-refractivity contribution >= 4 is 11.6 Å². The predicted octanol–water partition coefficient (Wildman–Crippen LogP) is 3.76. The van der Waals surface area contributed by atoms with Crippen LogP contribution in [0.2, 0.25) is 0 Å². The summed E-state index contributed by atoms with van der Waals surface area (Å²) in [6, 6.07) is 9.41. The number of nitrogens with zero attached hydrogens (tertiary/aromatic N) is 1. The number of anilines is 1. The van der Waals surface area contributed by atoms with Crippen molar-refractivity contribution in [1.29, 1.82) is 0 Å². The lowest BCUT2D eigenvalue weighted by Crippen LogP contribution is -2.54. The molecule has 0 heterocycles. The maximum absolute atomic E-state index is 12.8. The molecule has 1 aromatic rings. The molecular formula is C23H37N3O2. The Morgan fingerprint density at radius 2 is 1.57 bits per heavy atom. The molecule has 4 N–H and O–H groups in total. The summed E-state index contributed by atoms with van der Waals surface area (Å²) in [5, 5.41) is 12.5. The number of hydrazine groups is 1. The molecule has 0 radical (unpaired) electrons. The van der Waals surface area contributed by atoms with Crippen LogP contribution in [0.3, 0.4) is 0 Å². The molecule has 2 aliphatic carbocycles. The summed E-state index contributed by atoms with van der Waals surface area (Å²) in [4.78, 5) is 12.8. The average molecular weight is 388 g/mol. The van der Waals surface area contributed by atoms with E-state index in [1.165, 1.54) is 64.2 Å². The maximum atomic E-state index is 12.8. The Hall–Kier alpha value is -1.59. The van der Waals surface area contributed by atoms with Crippen molar-refractivity contribution in [3.8, 4) is 0 Å². The number of para-hydroxylation sites is 1. The summed E-state index contributed by atoms with van der Waals surface area (Å²) in [6.45, 7) is 0.778. The summed E-state index contributed by atoms with van der Waals surface area (Å²) < 4.78 is 0. The predicted molar refractivity (Wildman–Crippen MR) is 114 cm³/mol. The molecule has 1 aromatic carbocycles. The van der Waals surface area contributed by atoms with E-state index in [0.29, 0.717) is 11.8 Å². The van der Waals surface area contributed by atoms with Crippen LogP contribution >= 0.6 is 0 Å². The molecule has 5 heteroatoms. The third-order valence-electron chi connectivity index (χ3n) is 6.48. The van der Waals surface area contributed by atoms with Crippen LogP contribution in [0.25, 0.3) is 0 Å². The van der Waals surface area contributed by atoms with Gasteiger partial charge >= 0.3 is 0 Å². The first kappa shape index (κ1) is 21.1. The van der Waals surface area contributed by atoms with E-state index in [2.05, 4.69) is 5.43 Å². The molecule has 156 valence electrons. The van der Waals surface area contributed by atoms with Gasteiger partial charge in [-0.2, -0.15) is 0 Å². The molecule has 1 unspecified atom stereocenters. The molecule has 2 aliphatic rings. The number of aliphatic hydroxyl groups excluding tert-OH is 1. The number of amides is 1. The molecule has 2 saturated carbocycles. The summed E-state index contributed by atoms with van der Waals surface area (Å²) >= 11 is 0. The molecule has 0 aliphatic heterocycles. The van der Waals surface area contributed by atoms with Gasteiger partial charge in [-0.3, -0.25) is 15.2 Å². The normalized spacial score (nSPS) is 21.1. The Bertz CT molecular complexity index is 583. The van der Waals surface area contributed by atoms with Gasteiger partial charge in [0.05, 0.1) is 5.69 Å². The van der Waals surface area contributed by atoms with Gasteiger partial charge in [0.25, 0.3) is 5.91 Å². The van der Waals surface area contributed by atoms with Crippen molar-refractivity contribution in [1.82, 2.24) is 5.43 Å². The lowest BCUT2D eigenvalue weighted by Gasteiger charge is -2.33. The molecule has 5 nitrogen and oxygen atoms in total. The first-order valence-corrected chi connectivity index (χ1v) is 11.2. The fraction of sp³-hybridized carbons (Fsp3) is 0.696. The monoisotopic (exact) mass is 387 g/mol. The summed E-state index contributed by atoms with van der Waals surface area (Å²) in [7, 11) is 0. The number of carbonyl (C=O) groups is 1. The topological polar surface area (TPSA) is 78.6 Å². The van der Waals surface area contributed by atoms with Crippen molar-refractivity contribution in [2.45, 2.75) is 82.8 Å². The van der Waals surface area contributed by atoms with E-state index in [9.17, 15) is 9.90 Å². The number of nitrogens with two attached hydrogens (primary N) is 1. The van der Waals surface area contributed by atoms with Gasteiger partial charge in [-0.25, -0.2) is 0 Å².